The minimum Gasteiger partial charge on any atom is -0.368 e. The van der Waals surface area contributed by atoms with Crippen LogP contribution in [0.4, 0.5) is 5.95 Å². The van der Waals surface area contributed by atoms with E-state index in [0.717, 1.165) is 19.3 Å². The molecule has 2 rings (SSSR count). The summed E-state index contributed by atoms with van der Waals surface area (Å²) in [7, 11) is 1.78. The highest BCUT2D eigenvalue weighted by atomic mass is 16.5. The third-order valence-corrected chi connectivity index (χ3v) is 2.42. The Hall–Kier alpha value is -1.43. The van der Waals surface area contributed by atoms with Gasteiger partial charge in [0.05, 0.1) is 0 Å². The van der Waals surface area contributed by atoms with E-state index in [9.17, 15) is 4.79 Å². The van der Waals surface area contributed by atoms with Crippen molar-refractivity contribution in [1.82, 2.24) is 14.8 Å². The fourth-order valence-electron chi connectivity index (χ4n) is 1.53. The predicted octanol–water partition coefficient (Wildman–Crippen LogP) is 0.323. The van der Waals surface area contributed by atoms with Crippen molar-refractivity contribution in [3.8, 4) is 0 Å². The summed E-state index contributed by atoms with van der Waals surface area (Å²) in [5.41, 5.74) is 0. The molecule has 0 spiro atoms. The predicted molar refractivity (Wildman–Crippen MR) is 53.2 cm³/mol. The van der Waals surface area contributed by atoms with Crippen molar-refractivity contribution in [2.75, 3.05) is 11.9 Å². The minimum absolute atomic E-state index is 0.134. The number of anilines is 1. The van der Waals surface area contributed by atoms with Gasteiger partial charge in [-0.05, 0) is 19.3 Å². The van der Waals surface area contributed by atoms with Gasteiger partial charge in [0, 0.05) is 13.7 Å². The smallest absolute Gasteiger partial charge is 0.255 e. The Kier molecular flexibility index (Phi) is 2.96. The van der Waals surface area contributed by atoms with Crippen LogP contribution in [0.2, 0.25) is 0 Å². The van der Waals surface area contributed by atoms with E-state index in [1.165, 1.54) is 6.33 Å². The molecular weight excluding hydrogens is 196 g/mol. The molecule has 1 aromatic heterocycles. The number of aromatic nitrogens is 3. The molecule has 1 N–H and O–H groups in total. The average molecular weight is 210 g/mol. The monoisotopic (exact) mass is 210 g/mol. The second kappa shape index (κ2) is 4.39. The first-order valence-electron chi connectivity index (χ1n) is 5.04. The Labute approximate surface area is 87.6 Å². The van der Waals surface area contributed by atoms with Crippen LogP contribution in [0.15, 0.2) is 6.33 Å². The largest absolute Gasteiger partial charge is 0.368 e. The molecule has 1 amide bonds. The van der Waals surface area contributed by atoms with E-state index in [0.29, 0.717) is 12.6 Å². The van der Waals surface area contributed by atoms with E-state index in [2.05, 4.69) is 15.5 Å². The lowest BCUT2D eigenvalue weighted by molar-refractivity contribution is -0.130. The van der Waals surface area contributed by atoms with Crippen molar-refractivity contribution in [2.24, 2.45) is 7.05 Å². The highest BCUT2D eigenvalue weighted by Gasteiger charge is 2.22. The second-order valence-corrected chi connectivity index (χ2v) is 3.61. The van der Waals surface area contributed by atoms with Crippen LogP contribution in [0.1, 0.15) is 19.3 Å². The van der Waals surface area contributed by atoms with Gasteiger partial charge in [-0.15, -0.1) is 10.2 Å². The molecule has 6 heteroatoms. The zero-order chi connectivity index (χ0) is 10.7. The lowest BCUT2D eigenvalue weighted by Crippen LogP contribution is -2.33. The molecule has 1 atom stereocenters. The molecular formula is C9H14N4O2. The fourth-order valence-corrected chi connectivity index (χ4v) is 1.53. The summed E-state index contributed by atoms with van der Waals surface area (Å²) in [5, 5.41) is 10.1. The molecule has 1 saturated heterocycles. The van der Waals surface area contributed by atoms with Crippen LogP contribution in [0.5, 0.6) is 0 Å². The Morgan fingerprint density at radius 3 is 3.13 bits per heavy atom. The number of aryl methyl sites for hydroxylation is 1. The minimum atomic E-state index is -0.338. The standard InChI is InChI=1S/C9H14N4O2/c1-13-6-10-12-9(13)11-8(14)7-4-2-3-5-15-7/h6-7H,2-5H2,1H3,(H,11,12,14)/t7-/m0/s1. The third kappa shape index (κ3) is 2.33. The zero-order valence-corrected chi connectivity index (χ0v) is 8.64. The number of ether oxygens (including phenoxy) is 1. The third-order valence-electron chi connectivity index (χ3n) is 2.42. The highest BCUT2D eigenvalue weighted by Crippen LogP contribution is 2.14. The molecule has 0 saturated carbocycles. The molecule has 1 aliphatic rings. The van der Waals surface area contributed by atoms with E-state index in [1.54, 1.807) is 11.6 Å². The SMILES string of the molecule is Cn1cnnc1NC(=O)[C@@H]1CCCCO1. The van der Waals surface area contributed by atoms with Crippen molar-refractivity contribution in [3.63, 3.8) is 0 Å². The van der Waals surface area contributed by atoms with Gasteiger partial charge in [-0.1, -0.05) is 0 Å². The second-order valence-electron chi connectivity index (χ2n) is 3.61. The van der Waals surface area contributed by atoms with Crippen molar-refractivity contribution < 1.29 is 9.53 Å². The van der Waals surface area contributed by atoms with E-state index in [-0.39, 0.29) is 12.0 Å². The Morgan fingerprint density at radius 2 is 2.53 bits per heavy atom. The Balaban J connectivity index is 1.94. The van der Waals surface area contributed by atoms with Gasteiger partial charge in [-0.3, -0.25) is 10.1 Å². The normalized spacial score (nSPS) is 21.3. The lowest BCUT2D eigenvalue weighted by atomic mass is 10.1. The molecule has 2 heterocycles. The fraction of sp³-hybridized carbons (Fsp3) is 0.667. The first kappa shape index (κ1) is 10.1. The molecule has 82 valence electrons. The molecule has 1 aromatic rings. The average Bonchev–Trinajstić information content (AvgIpc) is 2.66. The van der Waals surface area contributed by atoms with Crippen LogP contribution in [0.3, 0.4) is 0 Å². The molecule has 0 aliphatic carbocycles. The number of rotatable bonds is 2. The first-order chi connectivity index (χ1) is 7.27. The van der Waals surface area contributed by atoms with Gasteiger partial charge in [0.2, 0.25) is 5.95 Å². The molecule has 6 nitrogen and oxygen atoms in total. The summed E-state index contributed by atoms with van der Waals surface area (Å²) >= 11 is 0. The molecule has 1 fully saturated rings. The number of hydrogen-bond donors (Lipinski definition) is 1. The summed E-state index contributed by atoms with van der Waals surface area (Å²) in [4.78, 5) is 11.7. The molecule has 0 radical (unpaired) electrons. The molecule has 15 heavy (non-hydrogen) atoms. The summed E-state index contributed by atoms with van der Waals surface area (Å²) in [5.74, 6) is 0.319. The molecule has 0 aromatic carbocycles. The van der Waals surface area contributed by atoms with Gasteiger partial charge in [0.1, 0.15) is 12.4 Å². The maximum Gasteiger partial charge on any atom is 0.255 e. The van der Waals surface area contributed by atoms with Crippen LogP contribution in [0, 0.1) is 0 Å². The van der Waals surface area contributed by atoms with Gasteiger partial charge in [-0.2, -0.15) is 0 Å². The zero-order valence-electron chi connectivity index (χ0n) is 8.64. The van der Waals surface area contributed by atoms with Crippen molar-refractivity contribution in [3.05, 3.63) is 6.33 Å². The van der Waals surface area contributed by atoms with Crippen molar-refractivity contribution in [2.45, 2.75) is 25.4 Å². The van der Waals surface area contributed by atoms with E-state index in [1.807, 2.05) is 0 Å². The number of carbonyl (C=O) groups excluding carboxylic acids is 1. The van der Waals surface area contributed by atoms with Gasteiger partial charge in [0.25, 0.3) is 5.91 Å². The van der Waals surface area contributed by atoms with Crippen LogP contribution in [0.25, 0.3) is 0 Å². The molecule has 0 bridgehead atoms. The van der Waals surface area contributed by atoms with Gasteiger partial charge in [0.15, 0.2) is 0 Å². The first-order valence-corrected chi connectivity index (χ1v) is 5.04. The van der Waals surface area contributed by atoms with Crippen molar-refractivity contribution >= 4 is 11.9 Å². The maximum absolute atomic E-state index is 11.7. The topological polar surface area (TPSA) is 69.0 Å². The summed E-state index contributed by atoms with van der Waals surface area (Å²) < 4.78 is 7.01. The quantitative estimate of drug-likeness (QED) is 0.763. The van der Waals surface area contributed by atoms with E-state index >= 15 is 0 Å². The van der Waals surface area contributed by atoms with Crippen molar-refractivity contribution in [1.29, 1.82) is 0 Å². The Morgan fingerprint density at radius 1 is 1.67 bits per heavy atom. The number of nitrogens with zero attached hydrogens (tertiary/aromatic N) is 3. The number of amides is 1. The summed E-state index contributed by atoms with van der Waals surface area (Å²) in [6, 6.07) is 0. The molecule has 0 unspecified atom stereocenters. The summed E-state index contributed by atoms with van der Waals surface area (Å²) in [6.07, 6.45) is 4.06. The van der Waals surface area contributed by atoms with E-state index < -0.39 is 0 Å². The lowest BCUT2D eigenvalue weighted by Gasteiger charge is -2.21. The highest BCUT2D eigenvalue weighted by molar-refractivity contribution is 5.92. The number of nitrogens with one attached hydrogen (secondary N) is 1. The summed E-state index contributed by atoms with van der Waals surface area (Å²) in [6.45, 7) is 0.664. The maximum atomic E-state index is 11.7. The van der Waals surface area contributed by atoms with Crippen LogP contribution in [-0.4, -0.2) is 33.4 Å². The number of hydrogen-bond acceptors (Lipinski definition) is 4. The number of carbonyl (C=O) groups is 1. The van der Waals surface area contributed by atoms with E-state index in [4.69, 9.17) is 4.74 Å². The van der Waals surface area contributed by atoms with Gasteiger partial charge in [-0.25, -0.2) is 0 Å². The van der Waals surface area contributed by atoms with Crippen LogP contribution < -0.4 is 5.32 Å². The van der Waals surface area contributed by atoms with Crippen LogP contribution >= 0.6 is 0 Å². The Bertz CT molecular complexity index is 344. The van der Waals surface area contributed by atoms with Gasteiger partial charge < -0.3 is 9.30 Å². The van der Waals surface area contributed by atoms with Gasteiger partial charge >= 0.3 is 0 Å². The van der Waals surface area contributed by atoms with Crippen LogP contribution in [-0.2, 0) is 16.6 Å². The molecule has 1 aliphatic heterocycles.